The summed E-state index contributed by atoms with van der Waals surface area (Å²) in [5, 5.41) is 14.7. The quantitative estimate of drug-likeness (QED) is 0.444. The van der Waals surface area contributed by atoms with E-state index in [4.69, 9.17) is 15.0 Å². The van der Waals surface area contributed by atoms with Crippen molar-refractivity contribution in [1.29, 1.82) is 0 Å². The molecule has 1 aliphatic heterocycles. The second-order valence-corrected chi connectivity index (χ2v) is 9.52. The highest BCUT2D eigenvalue weighted by molar-refractivity contribution is 7.89. The number of hydrogen-bond acceptors (Lipinski definition) is 6. The predicted molar refractivity (Wildman–Crippen MR) is 130 cm³/mol. The van der Waals surface area contributed by atoms with Crippen molar-refractivity contribution < 1.29 is 13.2 Å². The third kappa shape index (κ3) is 4.30. The van der Waals surface area contributed by atoms with Gasteiger partial charge in [0.25, 0.3) is 0 Å². The summed E-state index contributed by atoms with van der Waals surface area (Å²) in [7, 11) is -2.12. The lowest BCUT2D eigenvalue weighted by Crippen LogP contribution is -2.12. The topological polar surface area (TPSA) is 112 Å². The van der Waals surface area contributed by atoms with E-state index in [1.54, 1.807) is 23.9 Å². The summed E-state index contributed by atoms with van der Waals surface area (Å²) in [5.74, 6) is 0.799. The van der Waals surface area contributed by atoms with Gasteiger partial charge in [0, 0.05) is 23.7 Å². The fourth-order valence-corrected chi connectivity index (χ4v) is 4.48. The highest BCUT2D eigenvalue weighted by atomic mass is 32.2. The molecule has 0 spiro atoms. The maximum atomic E-state index is 11.6. The van der Waals surface area contributed by atoms with Crippen molar-refractivity contribution in [3.8, 4) is 22.7 Å². The minimum Gasteiger partial charge on any atom is -0.497 e. The number of primary sulfonamides is 1. The van der Waals surface area contributed by atoms with Crippen LogP contribution in [0.5, 0.6) is 5.75 Å². The molecule has 4 aromatic rings. The Morgan fingerprint density at radius 3 is 2.32 bits per heavy atom. The summed E-state index contributed by atoms with van der Waals surface area (Å²) in [4.78, 5) is 0.0573. The molecule has 1 aliphatic rings. The van der Waals surface area contributed by atoms with E-state index >= 15 is 0 Å². The number of nitrogens with zero attached hydrogens (tertiary/aromatic N) is 3. The van der Waals surface area contributed by atoms with Gasteiger partial charge in [-0.25, -0.2) is 18.2 Å². The van der Waals surface area contributed by atoms with Crippen LogP contribution in [0.15, 0.2) is 95.1 Å². The monoisotopic (exact) mass is 473 g/mol. The molecule has 172 valence electrons. The summed E-state index contributed by atoms with van der Waals surface area (Å²) in [6, 6.07) is 24.0. The van der Waals surface area contributed by atoms with E-state index in [2.05, 4.69) is 10.5 Å². The van der Waals surface area contributed by atoms with Gasteiger partial charge >= 0.3 is 0 Å². The molecule has 0 radical (unpaired) electrons. The number of methoxy groups -OCH3 is 1. The number of hydrogen-bond donors (Lipinski definition) is 2. The number of aromatic nitrogens is 2. The molecule has 0 bridgehead atoms. The molecule has 0 saturated heterocycles. The van der Waals surface area contributed by atoms with Crippen LogP contribution in [0.25, 0.3) is 16.9 Å². The molecule has 0 amide bonds. The Bertz CT molecular complexity index is 1440. The SMILES string of the molecule is COc1ccc(C2=NNC(c3cn(-c4ccc(S(N)(=O)=O)cc4)nc3-c3ccccc3)C2)cc1. The third-order valence-corrected chi connectivity index (χ3v) is 6.70. The first-order valence-electron chi connectivity index (χ1n) is 10.7. The lowest BCUT2D eigenvalue weighted by Gasteiger charge is -2.10. The van der Waals surface area contributed by atoms with Crippen molar-refractivity contribution >= 4 is 15.7 Å². The van der Waals surface area contributed by atoms with E-state index < -0.39 is 10.0 Å². The Balaban J connectivity index is 1.48. The number of hydrazone groups is 1. The predicted octanol–water partition coefficient (Wildman–Crippen LogP) is 3.63. The van der Waals surface area contributed by atoms with E-state index in [0.717, 1.165) is 39.5 Å². The maximum absolute atomic E-state index is 11.6. The van der Waals surface area contributed by atoms with E-state index in [1.165, 1.54) is 12.1 Å². The van der Waals surface area contributed by atoms with E-state index in [9.17, 15) is 8.42 Å². The molecule has 2 heterocycles. The standard InChI is InChI=1S/C25H23N5O3S/c1-33-20-11-7-17(8-12-20)23-15-24(28-27-23)22-16-30(29-25(22)18-5-3-2-4-6-18)19-9-13-21(14-10-19)34(26,31)32/h2-14,16,24,28H,15H2,1H3,(H2,26,31,32). The Morgan fingerprint density at radius 1 is 0.971 bits per heavy atom. The Morgan fingerprint density at radius 2 is 1.68 bits per heavy atom. The minimum absolute atomic E-state index is 0.0573. The van der Waals surface area contributed by atoms with Crippen LogP contribution in [0, 0.1) is 0 Å². The van der Waals surface area contributed by atoms with E-state index in [0.29, 0.717) is 6.42 Å². The van der Waals surface area contributed by atoms with Crippen molar-refractivity contribution in [3.63, 3.8) is 0 Å². The molecule has 8 nitrogen and oxygen atoms in total. The first kappa shape index (κ1) is 21.9. The third-order valence-electron chi connectivity index (χ3n) is 5.77. The van der Waals surface area contributed by atoms with Crippen molar-refractivity contribution in [2.75, 3.05) is 7.11 Å². The van der Waals surface area contributed by atoms with Crippen molar-refractivity contribution in [2.24, 2.45) is 10.2 Å². The van der Waals surface area contributed by atoms with Gasteiger partial charge in [0.1, 0.15) is 5.75 Å². The summed E-state index contributed by atoms with van der Waals surface area (Å²) in [5.41, 5.74) is 8.79. The average Bonchev–Trinajstić information content (AvgIpc) is 3.52. The summed E-state index contributed by atoms with van der Waals surface area (Å²) in [6.07, 6.45) is 2.65. The smallest absolute Gasteiger partial charge is 0.238 e. The van der Waals surface area contributed by atoms with Crippen LogP contribution >= 0.6 is 0 Å². The van der Waals surface area contributed by atoms with Gasteiger partial charge < -0.3 is 10.2 Å². The van der Waals surface area contributed by atoms with Crippen LogP contribution in [0.4, 0.5) is 0 Å². The fourth-order valence-electron chi connectivity index (χ4n) is 3.97. The number of nitrogens with one attached hydrogen (secondary N) is 1. The van der Waals surface area contributed by atoms with Gasteiger partial charge in [0.05, 0.1) is 35.1 Å². The number of sulfonamides is 1. The molecular weight excluding hydrogens is 450 g/mol. The minimum atomic E-state index is -3.76. The number of ether oxygens (including phenoxy) is 1. The number of rotatable bonds is 6. The van der Waals surface area contributed by atoms with Crippen LogP contribution < -0.4 is 15.3 Å². The molecule has 34 heavy (non-hydrogen) atoms. The summed E-state index contributed by atoms with van der Waals surface area (Å²) >= 11 is 0. The Kier molecular flexibility index (Phi) is 5.64. The zero-order valence-corrected chi connectivity index (χ0v) is 19.2. The van der Waals surface area contributed by atoms with Crippen molar-refractivity contribution in [3.05, 3.63) is 96.2 Å². The van der Waals surface area contributed by atoms with Crippen LogP contribution in [-0.4, -0.2) is 31.0 Å². The van der Waals surface area contributed by atoms with Gasteiger partial charge in [0.15, 0.2) is 0 Å². The second kappa shape index (κ2) is 8.77. The van der Waals surface area contributed by atoms with Crippen LogP contribution in [0.3, 0.4) is 0 Å². The molecule has 1 atom stereocenters. The maximum Gasteiger partial charge on any atom is 0.238 e. The molecular formula is C25H23N5O3S. The van der Waals surface area contributed by atoms with Crippen molar-refractivity contribution in [1.82, 2.24) is 15.2 Å². The first-order chi connectivity index (χ1) is 16.4. The lowest BCUT2D eigenvalue weighted by molar-refractivity contribution is 0.415. The molecule has 9 heteroatoms. The van der Waals surface area contributed by atoms with Gasteiger partial charge in [0.2, 0.25) is 10.0 Å². The van der Waals surface area contributed by atoms with Gasteiger partial charge in [-0.1, -0.05) is 30.3 Å². The van der Waals surface area contributed by atoms with Crippen molar-refractivity contribution in [2.45, 2.75) is 17.4 Å². The molecule has 1 aromatic heterocycles. The van der Waals surface area contributed by atoms with E-state index in [-0.39, 0.29) is 10.9 Å². The normalized spacial score (nSPS) is 15.6. The Labute approximate surface area is 197 Å². The van der Waals surface area contributed by atoms with Gasteiger partial charge in [-0.15, -0.1) is 0 Å². The van der Waals surface area contributed by atoms with Crippen LogP contribution in [0.1, 0.15) is 23.6 Å². The molecule has 0 aliphatic carbocycles. The molecule has 1 unspecified atom stereocenters. The van der Waals surface area contributed by atoms with Gasteiger partial charge in [-0.05, 0) is 54.1 Å². The number of nitrogens with two attached hydrogens (primary N) is 1. The molecule has 3 N–H and O–H groups in total. The van der Waals surface area contributed by atoms with Gasteiger partial charge in [-0.2, -0.15) is 10.2 Å². The van der Waals surface area contributed by atoms with E-state index in [1.807, 2.05) is 60.8 Å². The highest BCUT2D eigenvalue weighted by Crippen LogP contribution is 2.33. The lowest BCUT2D eigenvalue weighted by atomic mass is 9.97. The molecule has 5 rings (SSSR count). The Hall–Kier alpha value is -3.95. The average molecular weight is 474 g/mol. The zero-order chi connectivity index (χ0) is 23.7. The largest absolute Gasteiger partial charge is 0.497 e. The summed E-state index contributed by atoms with van der Waals surface area (Å²) < 4.78 is 30.2. The zero-order valence-electron chi connectivity index (χ0n) is 18.4. The van der Waals surface area contributed by atoms with Gasteiger partial charge in [-0.3, -0.25) is 0 Å². The molecule has 3 aromatic carbocycles. The fraction of sp³-hybridized carbons (Fsp3) is 0.120. The van der Waals surface area contributed by atoms with Crippen LogP contribution in [-0.2, 0) is 10.0 Å². The first-order valence-corrected chi connectivity index (χ1v) is 12.2. The molecule has 0 fully saturated rings. The second-order valence-electron chi connectivity index (χ2n) is 7.96. The number of benzene rings is 3. The van der Waals surface area contributed by atoms with Crippen LogP contribution in [0.2, 0.25) is 0 Å². The molecule has 0 saturated carbocycles. The highest BCUT2D eigenvalue weighted by Gasteiger charge is 2.26. The summed E-state index contributed by atoms with van der Waals surface area (Å²) in [6.45, 7) is 0.